The lowest BCUT2D eigenvalue weighted by Gasteiger charge is -2.12. The fourth-order valence-electron chi connectivity index (χ4n) is 2.17. The number of aromatic nitrogens is 1. The number of nitrogens with zero attached hydrogens (tertiary/aromatic N) is 2. The Hall–Kier alpha value is -2.15. The highest BCUT2D eigenvalue weighted by atomic mass is 32.1. The summed E-state index contributed by atoms with van der Waals surface area (Å²) < 4.78 is 19.0. The fraction of sp³-hybridized carbons (Fsp3) is 0.412. The summed E-state index contributed by atoms with van der Waals surface area (Å²) in [4.78, 5) is 8.59. The molecule has 0 spiro atoms. The van der Waals surface area contributed by atoms with Crippen LogP contribution in [0.2, 0.25) is 0 Å². The molecular formula is C17H23FN4OS. The molecule has 0 bridgehead atoms. The summed E-state index contributed by atoms with van der Waals surface area (Å²) in [5, 5.41) is 9.54. The van der Waals surface area contributed by atoms with Crippen LogP contribution in [0.1, 0.15) is 23.2 Å². The van der Waals surface area contributed by atoms with Gasteiger partial charge in [-0.1, -0.05) is 6.07 Å². The van der Waals surface area contributed by atoms with Gasteiger partial charge in [-0.15, -0.1) is 11.3 Å². The van der Waals surface area contributed by atoms with Crippen molar-refractivity contribution >= 4 is 17.3 Å². The van der Waals surface area contributed by atoms with Crippen LogP contribution in [0.3, 0.4) is 0 Å². The van der Waals surface area contributed by atoms with Crippen molar-refractivity contribution in [1.29, 1.82) is 0 Å². The predicted molar refractivity (Wildman–Crippen MR) is 96.3 cm³/mol. The Morgan fingerprint density at radius 1 is 1.38 bits per heavy atom. The van der Waals surface area contributed by atoms with Crippen LogP contribution in [0.15, 0.2) is 28.6 Å². The minimum absolute atomic E-state index is 0.280. The molecule has 0 atom stereocenters. The lowest BCUT2D eigenvalue weighted by Crippen LogP contribution is -2.37. The van der Waals surface area contributed by atoms with Crippen molar-refractivity contribution < 1.29 is 9.13 Å². The molecule has 1 aromatic carbocycles. The number of thiazole rings is 1. The van der Waals surface area contributed by atoms with E-state index < -0.39 is 0 Å². The molecule has 1 aromatic heterocycles. The zero-order valence-electron chi connectivity index (χ0n) is 14.2. The number of benzene rings is 1. The third kappa shape index (κ3) is 5.49. The number of aliphatic imine (C=N–C) groups is 1. The Bertz CT molecular complexity index is 687. The lowest BCUT2D eigenvalue weighted by molar-refractivity contribution is 0.321. The maximum atomic E-state index is 13.8. The number of nitrogens with one attached hydrogen (secondary N) is 2. The molecule has 2 rings (SSSR count). The molecule has 1 heterocycles. The first-order valence-electron chi connectivity index (χ1n) is 7.89. The molecule has 2 aromatic rings. The van der Waals surface area contributed by atoms with Gasteiger partial charge in [0, 0.05) is 31.9 Å². The van der Waals surface area contributed by atoms with Gasteiger partial charge in [0.25, 0.3) is 0 Å². The zero-order valence-corrected chi connectivity index (χ0v) is 15.0. The van der Waals surface area contributed by atoms with Gasteiger partial charge in [-0.25, -0.2) is 9.37 Å². The van der Waals surface area contributed by atoms with Crippen molar-refractivity contribution in [2.45, 2.75) is 26.8 Å². The molecule has 130 valence electrons. The van der Waals surface area contributed by atoms with E-state index in [2.05, 4.69) is 26.0 Å². The van der Waals surface area contributed by atoms with E-state index in [1.165, 1.54) is 6.07 Å². The van der Waals surface area contributed by atoms with Gasteiger partial charge in [0.15, 0.2) is 17.5 Å². The predicted octanol–water partition coefficient (Wildman–Crippen LogP) is 2.90. The number of hydrogen-bond donors (Lipinski definition) is 2. The molecule has 0 aliphatic carbocycles. The van der Waals surface area contributed by atoms with Crippen LogP contribution in [-0.2, 0) is 13.0 Å². The number of aryl methyl sites for hydroxylation is 1. The van der Waals surface area contributed by atoms with Crippen molar-refractivity contribution in [3.63, 3.8) is 0 Å². The highest BCUT2D eigenvalue weighted by Gasteiger charge is 2.05. The standard InChI is InChI=1S/C17H23FN4OS/c1-4-23-16-6-5-13(9-15(16)18)10-21-17(19-3)20-8-7-14-11-24-12(2)22-14/h5-6,9,11H,4,7-8,10H2,1-3H3,(H2,19,20,21). The highest BCUT2D eigenvalue weighted by molar-refractivity contribution is 7.09. The summed E-state index contributed by atoms with van der Waals surface area (Å²) in [7, 11) is 1.71. The van der Waals surface area contributed by atoms with E-state index in [1.54, 1.807) is 24.5 Å². The van der Waals surface area contributed by atoms with Gasteiger partial charge in [-0.3, -0.25) is 4.99 Å². The van der Waals surface area contributed by atoms with Gasteiger partial charge >= 0.3 is 0 Å². The number of halogens is 1. The third-order valence-corrected chi connectivity index (χ3v) is 4.14. The van der Waals surface area contributed by atoms with Crippen LogP contribution in [0.4, 0.5) is 4.39 Å². The summed E-state index contributed by atoms with van der Waals surface area (Å²) in [6, 6.07) is 4.96. The van der Waals surface area contributed by atoms with Gasteiger partial charge in [0.1, 0.15) is 0 Å². The van der Waals surface area contributed by atoms with E-state index in [4.69, 9.17) is 4.74 Å². The molecule has 0 saturated heterocycles. The minimum atomic E-state index is -0.349. The van der Waals surface area contributed by atoms with Crippen molar-refractivity contribution in [3.05, 3.63) is 45.7 Å². The van der Waals surface area contributed by atoms with Crippen LogP contribution in [0, 0.1) is 12.7 Å². The quantitative estimate of drug-likeness (QED) is 0.595. The number of hydrogen-bond acceptors (Lipinski definition) is 4. The second-order valence-electron chi connectivity index (χ2n) is 5.16. The van der Waals surface area contributed by atoms with Crippen molar-refractivity contribution in [2.24, 2.45) is 4.99 Å². The molecule has 0 aliphatic heterocycles. The Morgan fingerprint density at radius 2 is 2.21 bits per heavy atom. The molecular weight excluding hydrogens is 327 g/mol. The Morgan fingerprint density at radius 3 is 2.83 bits per heavy atom. The van der Waals surface area contributed by atoms with E-state index >= 15 is 0 Å². The van der Waals surface area contributed by atoms with Crippen molar-refractivity contribution in [2.75, 3.05) is 20.2 Å². The van der Waals surface area contributed by atoms with Crippen LogP contribution < -0.4 is 15.4 Å². The molecule has 0 unspecified atom stereocenters. The van der Waals surface area contributed by atoms with E-state index in [1.807, 2.05) is 19.9 Å². The maximum absolute atomic E-state index is 13.8. The molecule has 0 saturated carbocycles. The largest absolute Gasteiger partial charge is 0.491 e. The number of rotatable bonds is 7. The van der Waals surface area contributed by atoms with Gasteiger partial charge in [0.05, 0.1) is 17.3 Å². The van der Waals surface area contributed by atoms with Crippen LogP contribution >= 0.6 is 11.3 Å². The van der Waals surface area contributed by atoms with Gasteiger partial charge < -0.3 is 15.4 Å². The topological polar surface area (TPSA) is 58.5 Å². The molecule has 24 heavy (non-hydrogen) atoms. The van der Waals surface area contributed by atoms with E-state index in [0.717, 1.165) is 29.2 Å². The molecule has 0 amide bonds. The monoisotopic (exact) mass is 350 g/mol. The second-order valence-corrected chi connectivity index (χ2v) is 6.22. The SMILES string of the molecule is CCOc1ccc(CNC(=NC)NCCc2csc(C)n2)cc1F. The summed E-state index contributed by atoms with van der Waals surface area (Å²) in [5.41, 5.74) is 1.91. The summed E-state index contributed by atoms with van der Waals surface area (Å²) in [5.74, 6) is 0.608. The first-order chi connectivity index (χ1) is 11.6. The van der Waals surface area contributed by atoms with Gasteiger partial charge in [0.2, 0.25) is 0 Å². The number of guanidine groups is 1. The van der Waals surface area contributed by atoms with Crippen LogP contribution in [-0.4, -0.2) is 31.1 Å². The fourth-order valence-corrected chi connectivity index (χ4v) is 2.81. The maximum Gasteiger partial charge on any atom is 0.191 e. The molecule has 0 aliphatic rings. The van der Waals surface area contributed by atoms with Gasteiger partial charge in [-0.05, 0) is 31.5 Å². The van der Waals surface area contributed by atoms with E-state index in [-0.39, 0.29) is 11.6 Å². The Balaban J connectivity index is 1.79. The van der Waals surface area contributed by atoms with Crippen LogP contribution in [0.25, 0.3) is 0 Å². The smallest absolute Gasteiger partial charge is 0.191 e. The summed E-state index contributed by atoms with van der Waals surface area (Å²) in [6.07, 6.45) is 0.836. The zero-order chi connectivity index (χ0) is 17.4. The second kappa shape index (κ2) is 9.22. The molecule has 5 nitrogen and oxygen atoms in total. The molecule has 2 N–H and O–H groups in total. The first kappa shape index (κ1) is 18.2. The Kier molecular flexibility index (Phi) is 6.99. The molecule has 7 heteroatoms. The first-order valence-corrected chi connectivity index (χ1v) is 8.77. The average molecular weight is 350 g/mol. The normalized spacial score (nSPS) is 11.4. The minimum Gasteiger partial charge on any atom is -0.491 e. The number of ether oxygens (including phenoxy) is 1. The molecule has 0 fully saturated rings. The van der Waals surface area contributed by atoms with E-state index in [9.17, 15) is 4.39 Å². The Labute approximate surface area is 146 Å². The van der Waals surface area contributed by atoms with Crippen molar-refractivity contribution in [1.82, 2.24) is 15.6 Å². The highest BCUT2D eigenvalue weighted by Crippen LogP contribution is 2.18. The summed E-state index contributed by atoms with van der Waals surface area (Å²) in [6.45, 7) is 5.50. The van der Waals surface area contributed by atoms with Gasteiger partial charge in [-0.2, -0.15) is 0 Å². The van der Waals surface area contributed by atoms with Crippen molar-refractivity contribution in [3.8, 4) is 5.75 Å². The van der Waals surface area contributed by atoms with E-state index in [0.29, 0.717) is 19.1 Å². The van der Waals surface area contributed by atoms with Crippen LogP contribution in [0.5, 0.6) is 5.75 Å². The lowest BCUT2D eigenvalue weighted by atomic mass is 10.2. The molecule has 0 radical (unpaired) electrons. The third-order valence-electron chi connectivity index (χ3n) is 3.32. The summed E-state index contributed by atoms with van der Waals surface area (Å²) >= 11 is 1.65. The average Bonchev–Trinajstić information content (AvgIpc) is 2.98.